The van der Waals surface area contributed by atoms with Gasteiger partial charge in [0.15, 0.2) is 0 Å². The van der Waals surface area contributed by atoms with Crippen LogP contribution in [0.5, 0.6) is 0 Å². The van der Waals surface area contributed by atoms with Crippen LogP contribution in [0.2, 0.25) is 0 Å². The van der Waals surface area contributed by atoms with Crippen LogP contribution < -0.4 is 12.6 Å². The lowest BCUT2D eigenvalue weighted by atomic mass is 16.0. The van der Waals surface area contributed by atoms with Gasteiger partial charge in [-0.2, -0.15) is 0 Å². The first-order valence-corrected chi connectivity index (χ1v) is 2.41. The van der Waals surface area contributed by atoms with Crippen molar-refractivity contribution in [3.05, 3.63) is 0 Å². The smallest absolute Gasteiger partial charge is 0.216 e. The van der Waals surface area contributed by atoms with Crippen LogP contribution in [0, 0.1) is 14.8 Å². The molecule has 0 aliphatic rings. The summed E-state index contributed by atoms with van der Waals surface area (Å²) < 4.78 is 25.6. The highest BCUT2D eigenvalue weighted by atomic mass is 80.0. The first kappa shape index (κ1) is 86.5. The van der Waals surface area contributed by atoms with Gasteiger partial charge in [0, 0.05) is 0 Å². The van der Waals surface area contributed by atoms with E-state index < -0.39 is 14.8 Å². The van der Waals surface area contributed by atoms with E-state index in [9.17, 15) is 0 Å². The Morgan fingerprint density at radius 1 is 0.500 bits per heavy atom. The summed E-state index contributed by atoms with van der Waals surface area (Å²) in [4.78, 5) is 0. The van der Waals surface area contributed by atoms with E-state index in [-0.39, 0.29) is 32.9 Å². The molecular weight excluding hydrogens is 224 g/mol. The van der Waals surface area contributed by atoms with E-state index in [0.717, 1.165) is 0 Å². The topological polar surface area (TPSA) is 258 Å². The second-order valence-corrected chi connectivity index (χ2v) is 0.982. The highest BCUT2D eigenvalue weighted by Crippen LogP contribution is 1.24. The summed E-state index contributed by atoms with van der Waals surface area (Å²) in [6, 6.07) is 0. The zero-order valence-electron chi connectivity index (χ0n) is 4.60. The summed E-state index contributed by atoms with van der Waals surface area (Å²) in [5.41, 5.74) is 0. The molecule has 10 heteroatoms. The molecule has 0 radical (unpaired) electrons. The fourth-order valence-electron chi connectivity index (χ4n) is 0. The number of rotatable bonds is 0. The Bertz CT molecular complexity index is 9.44. The van der Waals surface area contributed by atoms with Gasteiger partial charge in [0.25, 0.3) is 0 Å². The Morgan fingerprint density at radius 3 is 0.500 bits per heavy atom. The van der Waals surface area contributed by atoms with Crippen LogP contribution in [0.15, 0.2) is 0 Å². The van der Waals surface area contributed by atoms with E-state index >= 15 is 0 Å². The van der Waals surface area contributed by atoms with Crippen LogP contribution in [0.3, 0.4) is 0 Å². The van der Waals surface area contributed by atoms with Gasteiger partial charge in [0.05, 0.1) is 0 Å². The maximum absolute atomic E-state index is 8.52. The Kier molecular flexibility index (Phi) is 534. The van der Waals surface area contributed by atoms with E-state index in [2.05, 4.69) is 0 Å². The molecule has 0 fully saturated rings. The van der Waals surface area contributed by atoms with E-state index in [1.807, 2.05) is 0 Å². The number of hydrogen-bond donors (Lipinski definition) is 0. The van der Waals surface area contributed by atoms with Crippen molar-refractivity contribution >= 4 is 0 Å². The van der Waals surface area contributed by atoms with Crippen LogP contribution in [0.1, 0.15) is 0 Å². The van der Waals surface area contributed by atoms with Crippen LogP contribution in [0.4, 0.5) is 0 Å². The van der Waals surface area contributed by atoms with E-state index in [0.29, 0.717) is 0 Å². The molecular formula is H12BrO9-. The predicted octanol–water partition coefficient (Wildman–Crippen LogP) is -8.52. The number of halogens is 1. The van der Waals surface area contributed by atoms with Crippen molar-refractivity contribution < 1.29 is 60.3 Å². The van der Waals surface area contributed by atoms with Crippen molar-refractivity contribution in [1.29, 1.82) is 0 Å². The molecule has 0 aliphatic heterocycles. The highest BCUT2D eigenvalue weighted by Gasteiger charge is 1.67. The average molecular weight is 236 g/mol. The lowest BCUT2D eigenvalue weighted by Crippen LogP contribution is -2.42. The standard InChI is InChI=1S/BrO3.6H2O/c2-1(3)4;;;;;;/h;6*1H2/q-1;;;;;;. The van der Waals surface area contributed by atoms with Gasteiger partial charge in [0.2, 0.25) is 14.8 Å². The van der Waals surface area contributed by atoms with Gasteiger partial charge >= 0.3 is 0 Å². The minimum Gasteiger partial charge on any atom is -0.412 e. The van der Waals surface area contributed by atoms with Crippen LogP contribution >= 0.6 is 0 Å². The molecule has 12 N–H and O–H groups in total. The van der Waals surface area contributed by atoms with Gasteiger partial charge in [-0.15, -0.1) is 0 Å². The lowest BCUT2D eigenvalue weighted by molar-refractivity contribution is -1.73. The largest absolute Gasteiger partial charge is 0.412 e. The average Bonchev–Trinajstić information content (AvgIpc) is 0.811. The van der Waals surface area contributed by atoms with Crippen molar-refractivity contribution in [2.24, 2.45) is 0 Å². The summed E-state index contributed by atoms with van der Waals surface area (Å²) >= 11 is -3.65. The van der Waals surface area contributed by atoms with Gasteiger partial charge in [-0.05, 0) is 0 Å². The third-order valence-corrected chi connectivity index (χ3v) is 0. The molecule has 0 aromatic heterocycles. The fraction of sp³-hybridized carbons (Fsp3) is 0. The van der Waals surface area contributed by atoms with Crippen molar-refractivity contribution in [3.63, 3.8) is 0 Å². The molecule has 0 unspecified atom stereocenters. The Morgan fingerprint density at radius 2 is 0.500 bits per heavy atom. The quantitative estimate of drug-likeness (QED) is 0.396. The molecule has 10 heavy (non-hydrogen) atoms. The van der Waals surface area contributed by atoms with Gasteiger partial charge in [0.1, 0.15) is 0 Å². The molecule has 0 bridgehead atoms. The van der Waals surface area contributed by atoms with E-state index in [4.69, 9.17) is 12.6 Å². The second-order valence-electron chi connectivity index (χ2n) is 0.189. The first-order valence-electron chi connectivity index (χ1n) is 0.463. The molecule has 74 valence electrons. The lowest BCUT2D eigenvalue weighted by Gasteiger charge is -1.85. The SMILES string of the molecule is O.O.O.O.O.O.[O-][Br+2]([O-])[O-]. The van der Waals surface area contributed by atoms with E-state index in [1.54, 1.807) is 0 Å². The highest BCUT2D eigenvalue weighted by molar-refractivity contribution is 1.73. The normalized spacial score (nSPS) is 3.60. The molecule has 0 aromatic rings. The zero-order chi connectivity index (χ0) is 3.58. The van der Waals surface area contributed by atoms with Crippen molar-refractivity contribution in [2.75, 3.05) is 0 Å². The van der Waals surface area contributed by atoms with Gasteiger partial charge in [-0.1, -0.05) is 0 Å². The molecule has 0 saturated heterocycles. The summed E-state index contributed by atoms with van der Waals surface area (Å²) in [7, 11) is 0. The molecule has 0 rings (SSSR count). The molecule has 0 spiro atoms. The van der Waals surface area contributed by atoms with Gasteiger partial charge in [-0.25, -0.2) is 0 Å². The molecule has 0 aliphatic carbocycles. The van der Waals surface area contributed by atoms with Crippen LogP contribution in [-0.2, 0) is 0 Å². The Balaban J connectivity index is -0.00000000300. The molecule has 0 atom stereocenters. The maximum atomic E-state index is 8.52. The first-order chi connectivity index (χ1) is 1.73. The molecule has 0 saturated carbocycles. The molecule has 9 nitrogen and oxygen atoms in total. The van der Waals surface area contributed by atoms with Crippen LogP contribution in [-0.4, -0.2) is 32.9 Å². The van der Waals surface area contributed by atoms with Crippen molar-refractivity contribution in [3.8, 4) is 0 Å². The van der Waals surface area contributed by atoms with Gasteiger partial charge < -0.3 is 45.5 Å². The summed E-state index contributed by atoms with van der Waals surface area (Å²) in [6.45, 7) is 0. The van der Waals surface area contributed by atoms with Gasteiger partial charge in [-0.3, -0.25) is 0 Å². The Labute approximate surface area is 61.2 Å². The molecule has 0 heterocycles. The minimum atomic E-state index is -3.65. The van der Waals surface area contributed by atoms with Crippen molar-refractivity contribution in [2.45, 2.75) is 0 Å². The second kappa shape index (κ2) is 61.8. The third-order valence-electron chi connectivity index (χ3n) is 0. The van der Waals surface area contributed by atoms with Crippen molar-refractivity contribution in [1.82, 2.24) is 0 Å². The predicted molar refractivity (Wildman–Crippen MR) is 21.7 cm³/mol. The fourth-order valence-corrected chi connectivity index (χ4v) is 0. The molecule has 0 amide bonds. The summed E-state index contributed by atoms with van der Waals surface area (Å²) in [5, 5.41) is 0. The number of hydrogen-bond acceptors (Lipinski definition) is 3. The molecule has 0 aromatic carbocycles. The summed E-state index contributed by atoms with van der Waals surface area (Å²) in [5.74, 6) is 0. The van der Waals surface area contributed by atoms with Crippen LogP contribution in [0.25, 0.3) is 0 Å². The summed E-state index contributed by atoms with van der Waals surface area (Å²) in [6.07, 6.45) is 0. The van der Waals surface area contributed by atoms with E-state index in [1.165, 1.54) is 0 Å². The minimum absolute atomic E-state index is 0. The zero-order valence-corrected chi connectivity index (χ0v) is 6.19. The monoisotopic (exact) mass is 235 g/mol. The third kappa shape index (κ3) is 28600. The Hall–Kier alpha value is 0.120. The maximum Gasteiger partial charge on any atom is 0.216 e.